The summed E-state index contributed by atoms with van der Waals surface area (Å²) in [6.07, 6.45) is -1.96. The predicted molar refractivity (Wildman–Crippen MR) is 65.0 cm³/mol. The van der Waals surface area contributed by atoms with Crippen molar-refractivity contribution >= 4 is 5.97 Å². The van der Waals surface area contributed by atoms with Crippen molar-refractivity contribution in [3.05, 3.63) is 46.8 Å². The fourth-order valence-corrected chi connectivity index (χ4v) is 2.01. The van der Waals surface area contributed by atoms with Crippen molar-refractivity contribution in [3.8, 4) is 5.69 Å². The molecule has 100 valence electrons. The zero-order valence-electron chi connectivity index (χ0n) is 10.4. The molecule has 0 saturated carbocycles. The summed E-state index contributed by atoms with van der Waals surface area (Å²) in [6, 6.07) is 5.25. The molecule has 1 aromatic heterocycles. The van der Waals surface area contributed by atoms with Gasteiger partial charge in [-0.3, -0.25) is 0 Å². The van der Waals surface area contributed by atoms with Crippen LogP contribution in [0.2, 0.25) is 0 Å². The van der Waals surface area contributed by atoms with Crippen LogP contribution in [0.15, 0.2) is 24.4 Å². The van der Waals surface area contributed by atoms with Gasteiger partial charge in [-0.25, -0.2) is 18.3 Å². The van der Waals surface area contributed by atoms with Crippen LogP contribution in [0.5, 0.6) is 0 Å². The van der Waals surface area contributed by atoms with Crippen LogP contribution in [0, 0.1) is 13.8 Å². The van der Waals surface area contributed by atoms with E-state index < -0.39 is 23.7 Å². The average Bonchev–Trinajstić information content (AvgIpc) is 2.71. The number of carboxylic acids is 1. The van der Waals surface area contributed by atoms with Gasteiger partial charge in [-0.05, 0) is 37.1 Å². The summed E-state index contributed by atoms with van der Waals surface area (Å²) in [4.78, 5) is 10.9. The maximum Gasteiger partial charge on any atom is 0.339 e. The van der Waals surface area contributed by atoms with Crippen LogP contribution in [-0.2, 0) is 0 Å². The lowest BCUT2D eigenvalue weighted by atomic mass is 10.1. The second-order valence-electron chi connectivity index (χ2n) is 4.31. The minimum atomic E-state index is -2.91. The van der Waals surface area contributed by atoms with E-state index in [1.165, 1.54) is 0 Å². The third-order valence-corrected chi connectivity index (χ3v) is 2.69. The molecule has 0 saturated heterocycles. The van der Waals surface area contributed by atoms with E-state index in [1.54, 1.807) is 12.1 Å². The number of nitrogens with zero attached hydrogens (tertiary/aromatic N) is 2. The van der Waals surface area contributed by atoms with Gasteiger partial charge in [0.15, 0.2) is 0 Å². The second-order valence-corrected chi connectivity index (χ2v) is 4.31. The summed E-state index contributed by atoms with van der Waals surface area (Å²) in [7, 11) is 0. The molecular formula is C13H12F2N2O2. The molecule has 0 bridgehead atoms. The number of carbonyl (C=O) groups is 1. The lowest BCUT2D eigenvalue weighted by Crippen LogP contribution is -2.07. The molecule has 1 N–H and O–H groups in total. The Morgan fingerprint density at radius 1 is 1.26 bits per heavy atom. The van der Waals surface area contributed by atoms with Gasteiger partial charge < -0.3 is 5.11 Å². The lowest BCUT2D eigenvalue weighted by Gasteiger charge is -2.09. The Morgan fingerprint density at radius 3 is 2.32 bits per heavy atom. The molecule has 1 heterocycles. The Kier molecular flexibility index (Phi) is 3.33. The number of aromatic carboxylic acids is 1. The van der Waals surface area contributed by atoms with Gasteiger partial charge in [-0.2, -0.15) is 5.10 Å². The van der Waals surface area contributed by atoms with Crippen LogP contribution >= 0.6 is 0 Å². The number of halogens is 2. The summed E-state index contributed by atoms with van der Waals surface area (Å²) < 4.78 is 27.1. The number of aryl methyl sites for hydroxylation is 2. The van der Waals surface area contributed by atoms with E-state index in [9.17, 15) is 13.6 Å². The highest BCUT2D eigenvalue weighted by Crippen LogP contribution is 2.26. The molecule has 0 spiro atoms. The highest BCUT2D eigenvalue weighted by molar-refractivity contribution is 5.89. The first-order valence-electron chi connectivity index (χ1n) is 5.58. The number of alkyl halides is 2. The summed E-state index contributed by atoms with van der Waals surface area (Å²) in [5.41, 5.74) is 1.14. The number of hydrogen-bond donors (Lipinski definition) is 1. The molecule has 1 aromatic carbocycles. The Labute approximate surface area is 108 Å². The van der Waals surface area contributed by atoms with Gasteiger partial charge in [0.25, 0.3) is 6.43 Å². The van der Waals surface area contributed by atoms with E-state index in [0.717, 1.165) is 22.0 Å². The average molecular weight is 266 g/mol. The standard InChI is InChI=1S/C13H12F2N2O2/c1-7-3-8(2)5-9(4-7)17-11(12(14)15)10(6-16-17)13(18)19/h3-6,12H,1-2H3,(H,18,19). The van der Waals surface area contributed by atoms with Gasteiger partial charge in [0.2, 0.25) is 0 Å². The first-order valence-corrected chi connectivity index (χ1v) is 5.58. The second kappa shape index (κ2) is 4.79. The van der Waals surface area contributed by atoms with Crippen LogP contribution in [0.4, 0.5) is 8.78 Å². The maximum absolute atomic E-state index is 13.0. The van der Waals surface area contributed by atoms with Crippen LogP contribution in [-0.4, -0.2) is 20.9 Å². The van der Waals surface area contributed by atoms with E-state index in [2.05, 4.69) is 5.10 Å². The van der Waals surface area contributed by atoms with Gasteiger partial charge >= 0.3 is 5.97 Å². The normalized spacial score (nSPS) is 11.0. The Balaban J connectivity index is 2.65. The molecule has 6 heteroatoms. The molecule has 4 nitrogen and oxygen atoms in total. The highest BCUT2D eigenvalue weighted by atomic mass is 19.3. The topological polar surface area (TPSA) is 55.1 Å². The molecule has 0 aliphatic heterocycles. The minimum Gasteiger partial charge on any atom is -0.478 e. The fraction of sp³-hybridized carbons (Fsp3) is 0.231. The quantitative estimate of drug-likeness (QED) is 0.928. The maximum atomic E-state index is 13.0. The number of benzene rings is 1. The molecule has 0 unspecified atom stereocenters. The van der Waals surface area contributed by atoms with Crippen LogP contribution in [0.25, 0.3) is 5.69 Å². The van der Waals surface area contributed by atoms with Gasteiger partial charge in [0, 0.05) is 0 Å². The highest BCUT2D eigenvalue weighted by Gasteiger charge is 2.25. The predicted octanol–water partition coefficient (Wildman–Crippen LogP) is 3.12. The largest absolute Gasteiger partial charge is 0.478 e. The number of aromatic nitrogens is 2. The van der Waals surface area contributed by atoms with E-state index in [0.29, 0.717) is 5.69 Å². The zero-order chi connectivity index (χ0) is 14.2. The molecule has 2 aromatic rings. The number of hydrogen-bond acceptors (Lipinski definition) is 2. The third-order valence-electron chi connectivity index (χ3n) is 2.69. The van der Waals surface area contributed by atoms with Crippen molar-refractivity contribution in [2.75, 3.05) is 0 Å². The van der Waals surface area contributed by atoms with E-state index >= 15 is 0 Å². The third kappa shape index (κ3) is 2.47. The summed E-state index contributed by atoms with van der Waals surface area (Å²) in [5, 5.41) is 12.7. The first kappa shape index (κ1) is 13.2. The number of rotatable bonds is 3. The molecule has 0 aliphatic rings. The molecule has 19 heavy (non-hydrogen) atoms. The SMILES string of the molecule is Cc1cc(C)cc(-n2ncc(C(=O)O)c2C(F)F)c1. The minimum absolute atomic E-state index is 0.431. The molecule has 0 fully saturated rings. The van der Waals surface area contributed by atoms with Crippen molar-refractivity contribution in [2.45, 2.75) is 20.3 Å². The van der Waals surface area contributed by atoms with Crippen molar-refractivity contribution in [1.29, 1.82) is 0 Å². The summed E-state index contributed by atoms with van der Waals surface area (Å²) in [5.74, 6) is -1.41. The van der Waals surface area contributed by atoms with Crippen LogP contribution in [0.1, 0.15) is 33.6 Å². The Hall–Kier alpha value is -2.24. The van der Waals surface area contributed by atoms with E-state index in [4.69, 9.17) is 5.11 Å². The molecule has 0 radical (unpaired) electrons. The molecular weight excluding hydrogens is 254 g/mol. The fourth-order valence-electron chi connectivity index (χ4n) is 2.01. The van der Waals surface area contributed by atoms with Crippen LogP contribution in [0.3, 0.4) is 0 Å². The van der Waals surface area contributed by atoms with Gasteiger partial charge in [0.1, 0.15) is 11.3 Å². The van der Waals surface area contributed by atoms with Gasteiger partial charge in [-0.15, -0.1) is 0 Å². The smallest absolute Gasteiger partial charge is 0.339 e. The Morgan fingerprint density at radius 2 is 1.84 bits per heavy atom. The first-order chi connectivity index (χ1) is 8.90. The molecule has 2 rings (SSSR count). The van der Waals surface area contributed by atoms with Crippen molar-refractivity contribution in [1.82, 2.24) is 9.78 Å². The van der Waals surface area contributed by atoms with Crippen LogP contribution < -0.4 is 0 Å². The number of carboxylic acid groups (broad SMARTS) is 1. The summed E-state index contributed by atoms with van der Waals surface area (Å²) in [6.45, 7) is 3.67. The summed E-state index contributed by atoms with van der Waals surface area (Å²) >= 11 is 0. The monoisotopic (exact) mass is 266 g/mol. The lowest BCUT2D eigenvalue weighted by molar-refractivity contribution is 0.0683. The van der Waals surface area contributed by atoms with Crippen molar-refractivity contribution in [2.24, 2.45) is 0 Å². The van der Waals surface area contributed by atoms with Crippen molar-refractivity contribution in [3.63, 3.8) is 0 Å². The van der Waals surface area contributed by atoms with E-state index in [-0.39, 0.29) is 0 Å². The van der Waals surface area contributed by atoms with Crippen molar-refractivity contribution < 1.29 is 18.7 Å². The Bertz CT molecular complexity index is 615. The van der Waals surface area contributed by atoms with E-state index in [1.807, 2.05) is 19.9 Å². The van der Waals surface area contributed by atoms with Gasteiger partial charge in [0.05, 0.1) is 11.9 Å². The zero-order valence-corrected chi connectivity index (χ0v) is 10.4. The molecule has 0 atom stereocenters. The molecule has 0 amide bonds. The van der Waals surface area contributed by atoms with Gasteiger partial charge in [-0.1, -0.05) is 6.07 Å². The molecule has 0 aliphatic carbocycles.